The van der Waals surface area contributed by atoms with E-state index < -0.39 is 91.1 Å². The van der Waals surface area contributed by atoms with Crippen LogP contribution in [0.3, 0.4) is 0 Å². The highest BCUT2D eigenvalue weighted by molar-refractivity contribution is 5.88. The summed E-state index contributed by atoms with van der Waals surface area (Å²) in [6, 6.07) is 8.61. The largest absolute Gasteiger partial charge is 0.508 e. The highest BCUT2D eigenvalue weighted by Crippen LogP contribution is 2.33. The van der Waals surface area contributed by atoms with E-state index in [2.05, 4.69) is 0 Å². The number of fused-ring (bicyclic) bond motifs is 1. The Balaban J connectivity index is 1.28. The molecule has 2 aromatic carbocycles. The Labute approximate surface area is 330 Å². The summed E-state index contributed by atoms with van der Waals surface area (Å²) in [5.41, 5.74) is 0.249. The van der Waals surface area contributed by atoms with Gasteiger partial charge in [0.1, 0.15) is 72.6 Å². The molecule has 8 atom stereocenters. The molecule has 0 saturated carbocycles. The maximum atomic E-state index is 13.2. The second-order valence-electron chi connectivity index (χ2n) is 13.0. The van der Waals surface area contributed by atoms with Crippen LogP contribution in [0.4, 0.5) is 0 Å². The van der Waals surface area contributed by atoms with E-state index in [1.807, 2.05) is 0 Å². The molecule has 2 aliphatic rings. The van der Waals surface area contributed by atoms with Gasteiger partial charge in [-0.05, 0) is 23.8 Å². The van der Waals surface area contributed by atoms with Crippen molar-refractivity contribution in [2.45, 2.75) is 83.8 Å². The first-order chi connectivity index (χ1) is 27.6. The zero-order chi connectivity index (χ0) is 42.1. The number of esters is 5. The molecule has 19 heteroatoms. The summed E-state index contributed by atoms with van der Waals surface area (Å²) in [6.45, 7) is 4.64. The standard InChI is InChI=1S/C39H42O19/c1-19(40)50-17-31-29(57-39-38(55-23(5)44)37(54-22(4)43)36(53-21(3)42)32(58-39)18-51-20(2)41)10-11-33(56-31)49-13-12-48-26-14-28(46)34-30(15-26)52-16-27(35(34)47)24-6-8-25(45)9-7-24/h6-11,14-16,29,31-33,36-39,45-46H,12-13,17-18H2,1-5H3/t29-,31+,32+,33-,36-,37-,38+,39+/m0/s1. The first-order valence-corrected chi connectivity index (χ1v) is 17.8. The molecule has 0 spiro atoms. The molecule has 0 aliphatic carbocycles. The van der Waals surface area contributed by atoms with Crippen LogP contribution < -0.4 is 10.2 Å². The Morgan fingerprint density at radius 1 is 0.707 bits per heavy atom. The minimum absolute atomic E-state index is 0.0250. The van der Waals surface area contributed by atoms with E-state index in [0.717, 1.165) is 27.7 Å². The number of carbonyl (C=O) groups is 5. The Morgan fingerprint density at radius 3 is 1.97 bits per heavy atom. The first-order valence-electron chi connectivity index (χ1n) is 17.8. The van der Waals surface area contributed by atoms with Crippen LogP contribution in [0.25, 0.3) is 22.1 Å². The number of phenols is 2. The van der Waals surface area contributed by atoms with Gasteiger partial charge in [-0.3, -0.25) is 28.8 Å². The SMILES string of the molecule is CC(=O)OC[C@H]1O[C@@H](O[C@H]2C=C[C@@H](OCCOc3cc(O)c4c(=O)c(-c5ccc(O)cc5)coc4c3)O[C@@H]2COC(C)=O)[C@H](OC(C)=O)[C@@H](OC(C)=O)[C@H]1OC(C)=O. The maximum Gasteiger partial charge on any atom is 0.303 e. The second kappa shape index (κ2) is 19.4. The van der Waals surface area contributed by atoms with E-state index in [9.17, 15) is 39.0 Å². The molecule has 1 saturated heterocycles. The average Bonchev–Trinajstić information content (AvgIpc) is 3.14. The number of hydrogen-bond donors (Lipinski definition) is 2. The summed E-state index contributed by atoms with van der Waals surface area (Å²) in [5.74, 6) is -3.97. The van der Waals surface area contributed by atoms with Crippen molar-refractivity contribution in [2.75, 3.05) is 26.4 Å². The zero-order valence-electron chi connectivity index (χ0n) is 32.0. The number of rotatable bonds is 15. The van der Waals surface area contributed by atoms with E-state index in [0.29, 0.717) is 5.56 Å². The highest BCUT2D eigenvalue weighted by Gasteiger charge is 2.53. The molecule has 312 valence electrons. The van der Waals surface area contributed by atoms with Gasteiger partial charge in [0.25, 0.3) is 0 Å². The number of carbonyl (C=O) groups excluding carboxylic acids is 5. The van der Waals surface area contributed by atoms with Gasteiger partial charge in [0.2, 0.25) is 5.43 Å². The average molecular weight is 815 g/mol. The van der Waals surface area contributed by atoms with Crippen molar-refractivity contribution in [3.63, 3.8) is 0 Å². The van der Waals surface area contributed by atoms with Crippen molar-refractivity contribution in [3.05, 3.63) is 65.0 Å². The topological polar surface area (TPSA) is 248 Å². The highest BCUT2D eigenvalue weighted by atomic mass is 16.8. The van der Waals surface area contributed by atoms with Gasteiger partial charge >= 0.3 is 29.8 Å². The lowest BCUT2D eigenvalue weighted by Crippen LogP contribution is -2.63. The van der Waals surface area contributed by atoms with Crippen molar-refractivity contribution in [3.8, 4) is 28.4 Å². The van der Waals surface area contributed by atoms with Gasteiger partial charge in [0.15, 0.2) is 30.9 Å². The molecule has 2 N–H and O–H groups in total. The minimum atomic E-state index is -1.55. The molecule has 0 radical (unpaired) electrons. The van der Waals surface area contributed by atoms with Crippen LogP contribution in [-0.4, -0.2) is 116 Å². The van der Waals surface area contributed by atoms with Crippen LogP contribution >= 0.6 is 0 Å². The smallest absolute Gasteiger partial charge is 0.303 e. The lowest BCUT2D eigenvalue weighted by molar-refractivity contribution is -0.323. The Bertz CT molecular complexity index is 2060. The molecule has 3 heterocycles. The van der Waals surface area contributed by atoms with Crippen molar-refractivity contribution in [1.29, 1.82) is 0 Å². The van der Waals surface area contributed by atoms with Crippen molar-refractivity contribution < 1.29 is 86.0 Å². The van der Waals surface area contributed by atoms with Crippen LogP contribution in [0, 0.1) is 0 Å². The number of phenolic OH excluding ortho intramolecular Hbond substituents is 2. The molecule has 2 aliphatic heterocycles. The lowest BCUT2D eigenvalue weighted by Gasteiger charge is -2.45. The van der Waals surface area contributed by atoms with Crippen molar-refractivity contribution in [2.24, 2.45) is 0 Å². The van der Waals surface area contributed by atoms with Gasteiger partial charge in [-0.15, -0.1) is 0 Å². The normalized spacial score (nSPS) is 24.0. The number of aromatic hydroxyl groups is 2. The lowest BCUT2D eigenvalue weighted by atomic mass is 9.97. The fourth-order valence-electron chi connectivity index (χ4n) is 6.09. The molecule has 3 aromatic rings. The summed E-state index contributed by atoms with van der Waals surface area (Å²) in [6.07, 6.45) is -6.16. The summed E-state index contributed by atoms with van der Waals surface area (Å²) >= 11 is 0. The van der Waals surface area contributed by atoms with Gasteiger partial charge in [-0.2, -0.15) is 0 Å². The Hall–Kier alpha value is -6.02. The first kappa shape index (κ1) is 43.1. The molecule has 19 nitrogen and oxygen atoms in total. The van der Waals surface area contributed by atoms with Gasteiger partial charge in [-0.1, -0.05) is 18.2 Å². The predicted octanol–water partition coefficient (Wildman–Crippen LogP) is 2.58. The third kappa shape index (κ3) is 11.3. The van der Waals surface area contributed by atoms with E-state index in [1.54, 1.807) is 12.1 Å². The van der Waals surface area contributed by atoms with Crippen molar-refractivity contribution >= 4 is 40.8 Å². The second-order valence-corrected chi connectivity index (χ2v) is 13.0. The summed E-state index contributed by atoms with van der Waals surface area (Å²) in [5, 5.41) is 20.2. The van der Waals surface area contributed by atoms with E-state index in [-0.39, 0.29) is 53.6 Å². The van der Waals surface area contributed by atoms with Gasteiger partial charge in [0.05, 0.1) is 12.2 Å². The molecule has 0 amide bonds. The summed E-state index contributed by atoms with van der Waals surface area (Å²) < 4.78 is 62.1. The Morgan fingerprint density at radius 2 is 1.33 bits per heavy atom. The van der Waals surface area contributed by atoms with E-state index in [4.69, 9.17) is 51.8 Å². The van der Waals surface area contributed by atoms with Gasteiger partial charge in [-0.25, -0.2) is 0 Å². The molecule has 58 heavy (non-hydrogen) atoms. The third-order valence-electron chi connectivity index (χ3n) is 8.47. The monoisotopic (exact) mass is 814 g/mol. The number of benzene rings is 2. The quantitative estimate of drug-likeness (QED) is 0.0968. The van der Waals surface area contributed by atoms with Crippen LogP contribution in [0.1, 0.15) is 34.6 Å². The van der Waals surface area contributed by atoms with Gasteiger partial charge in [0, 0.05) is 46.8 Å². The zero-order valence-corrected chi connectivity index (χ0v) is 32.0. The fraction of sp³-hybridized carbons (Fsp3) is 0.436. The molecule has 1 aromatic heterocycles. The van der Waals surface area contributed by atoms with Crippen LogP contribution in [0.15, 0.2) is 64.0 Å². The number of ether oxygens (including phenoxy) is 10. The third-order valence-corrected chi connectivity index (χ3v) is 8.47. The minimum Gasteiger partial charge on any atom is -0.508 e. The van der Waals surface area contributed by atoms with Gasteiger partial charge < -0.3 is 62.0 Å². The molecule has 0 unspecified atom stereocenters. The summed E-state index contributed by atoms with van der Waals surface area (Å²) in [4.78, 5) is 73.2. The molecule has 1 fully saturated rings. The molecular weight excluding hydrogens is 772 g/mol. The number of hydrogen-bond acceptors (Lipinski definition) is 19. The van der Waals surface area contributed by atoms with Crippen molar-refractivity contribution in [1.82, 2.24) is 0 Å². The van der Waals surface area contributed by atoms with E-state index in [1.165, 1.54) is 49.6 Å². The molecular formula is C39H42O19. The summed E-state index contributed by atoms with van der Waals surface area (Å²) in [7, 11) is 0. The van der Waals surface area contributed by atoms with Crippen LogP contribution in [-0.2, 0) is 66.6 Å². The fourth-order valence-corrected chi connectivity index (χ4v) is 6.09. The molecule has 0 bridgehead atoms. The predicted molar refractivity (Wildman–Crippen MR) is 194 cm³/mol. The van der Waals surface area contributed by atoms with Crippen LogP contribution in [0.2, 0.25) is 0 Å². The van der Waals surface area contributed by atoms with E-state index >= 15 is 0 Å². The Kier molecular flexibility index (Phi) is 14.4. The van der Waals surface area contributed by atoms with Crippen LogP contribution in [0.5, 0.6) is 17.2 Å². The maximum absolute atomic E-state index is 13.2. The molecule has 5 rings (SSSR count).